The fourth-order valence-electron chi connectivity index (χ4n) is 10.9. The minimum absolute atomic E-state index is 0.590. The van der Waals surface area contributed by atoms with Gasteiger partial charge in [0.25, 0.3) is 0 Å². The van der Waals surface area contributed by atoms with Crippen LogP contribution in [0.4, 0.5) is 0 Å². The van der Waals surface area contributed by atoms with Gasteiger partial charge in [-0.3, -0.25) is 4.57 Å². The van der Waals surface area contributed by atoms with Gasteiger partial charge in [-0.1, -0.05) is 146 Å². The zero-order valence-electron chi connectivity index (χ0n) is 34.1. The SMILES string of the molecule is c1ccc(-n2c3ccc4ccccc4c3c3c4ccccc4c4c5ccccc5n(-c5nc(-c6cc7sc8ccccc8c7c7ccccc67)c6oc7ccccc7c6n5)c4c32)cc1. The third-order valence-corrected chi connectivity index (χ3v) is 14.6. The average molecular weight is 833 g/mol. The van der Waals surface area contributed by atoms with Gasteiger partial charge in [0.1, 0.15) is 16.8 Å². The number of furan rings is 1. The summed E-state index contributed by atoms with van der Waals surface area (Å²) < 4.78 is 14.1. The smallest absolute Gasteiger partial charge is 0.236 e. The number of hydrogen-bond donors (Lipinski definition) is 0. The second-order valence-electron chi connectivity index (χ2n) is 16.8. The molecule has 10 aromatic carbocycles. The zero-order valence-corrected chi connectivity index (χ0v) is 34.9. The van der Waals surface area contributed by atoms with Crippen LogP contribution in [0.2, 0.25) is 0 Å². The van der Waals surface area contributed by atoms with Gasteiger partial charge in [-0.05, 0) is 80.8 Å². The molecule has 15 aromatic rings. The number of rotatable bonds is 3. The fourth-order valence-corrected chi connectivity index (χ4v) is 12.1. The molecule has 0 aliphatic heterocycles. The van der Waals surface area contributed by atoms with Gasteiger partial charge in [0, 0.05) is 58.4 Å². The lowest BCUT2D eigenvalue weighted by Crippen LogP contribution is -2.04. The molecule has 6 heteroatoms. The van der Waals surface area contributed by atoms with Gasteiger partial charge in [0.05, 0.1) is 22.1 Å². The molecular formula is C58H32N4OS. The van der Waals surface area contributed by atoms with E-state index in [1.165, 1.54) is 63.3 Å². The highest BCUT2D eigenvalue weighted by atomic mass is 32.1. The molecule has 5 nitrogen and oxygen atoms in total. The van der Waals surface area contributed by atoms with Crippen LogP contribution >= 0.6 is 11.3 Å². The topological polar surface area (TPSA) is 48.8 Å². The Balaban J connectivity index is 1.18. The third-order valence-electron chi connectivity index (χ3n) is 13.5. The third kappa shape index (κ3) is 4.46. The summed E-state index contributed by atoms with van der Waals surface area (Å²) in [5, 5.41) is 15.4. The Bertz CT molecular complexity index is 4490. The van der Waals surface area contributed by atoms with Crippen LogP contribution in [0.25, 0.3) is 141 Å². The van der Waals surface area contributed by atoms with Gasteiger partial charge >= 0.3 is 0 Å². The zero-order chi connectivity index (χ0) is 41.6. The molecule has 0 aliphatic rings. The summed E-state index contributed by atoms with van der Waals surface area (Å²) in [6, 6.07) is 69.9. The van der Waals surface area contributed by atoms with E-state index in [4.69, 9.17) is 14.4 Å². The number of aromatic nitrogens is 4. The Kier molecular flexibility index (Phi) is 6.77. The predicted octanol–water partition coefficient (Wildman–Crippen LogP) is 16.1. The molecular weight excluding hydrogens is 801 g/mol. The van der Waals surface area contributed by atoms with E-state index in [0.29, 0.717) is 11.5 Å². The van der Waals surface area contributed by atoms with E-state index < -0.39 is 0 Å². The first-order valence-corrected chi connectivity index (χ1v) is 22.5. The molecule has 0 unspecified atom stereocenters. The largest absolute Gasteiger partial charge is 0.452 e. The summed E-state index contributed by atoms with van der Waals surface area (Å²) in [6.45, 7) is 0. The molecule has 0 fully saturated rings. The molecule has 0 bridgehead atoms. The molecule has 64 heavy (non-hydrogen) atoms. The summed E-state index contributed by atoms with van der Waals surface area (Å²) >= 11 is 1.82. The predicted molar refractivity (Wildman–Crippen MR) is 269 cm³/mol. The minimum atomic E-state index is 0.590. The second kappa shape index (κ2) is 12.6. The highest BCUT2D eigenvalue weighted by molar-refractivity contribution is 7.26. The van der Waals surface area contributed by atoms with Gasteiger partial charge < -0.3 is 8.98 Å². The quantitative estimate of drug-likeness (QED) is 0.178. The maximum absolute atomic E-state index is 6.86. The number of hydrogen-bond acceptors (Lipinski definition) is 4. The van der Waals surface area contributed by atoms with Gasteiger partial charge in [-0.25, -0.2) is 9.97 Å². The van der Waals surface area contributed by atoms with Crippen LogP contribution in [0.15, 0.2) is 199 Å². The van der Waals surface area contributed by atoms with Crippen molar-refractivity contribution in [2.45, 2.75) is 0 Å². The Labute approximate surface area is 368 Å². The van der Waals surface area contributed by atoms with E-state index in [0.717, 1.165) is 66.3 Å². The van der Waals surface area contributed by atoms with Gasteiger partial charge in [0.15, 0.2) is 5.58 Å². The van der Waals surface area contributed by atoms with Crippen molar-refractivity contribution in [3.63, 3.8) is 0 Å². The van der Waals surface area contributed by atoms with Crippen molar-refractivity contribution >= 4 is 130 Å². The van der Waals surface area contributed by atoms with E-state index in [1.807, 2.05) is 23.5 Å². The van der Waals surface area contributed by atoms with Crippen LogP contribution in [0.1, 0.15) is 0 Å². The maximum Gasteiger partial charge on any atom is 0.236 e. The molecule has 296 valence electrons. The normalized spacial score (nSPS) is 12.4. The highest BCUT2D eigenvalue weighted by Gasteiger charge is 2.28. The Morgan fingerprint density at radius 3 is 1.86 bits per heavy atom. The lowest BCUT2D eigenvalue weighted by Gasteiger charge is -2.14. The molecule has 0 radical (unpaired) electrons. The van der Waals surface area contributed by atoms with Crippen molar-refractivity contribution in [3.05, 3.63) is 194 Å². The van der Waals surface area contributed by atoms with E-state index in [1.54, 1.807) is 0 Å². The van der Waals surface area contributed by atoms with Crippen molar-refractivity contribution in [1.29, 1.82) is 0 Å². The number of benzene rings is 10. The molecule has 0 spiro atoms. The average Bonchev–Trinajstić information content (AvgIpc) is 4.12. The number of para-hydroxylation sites is 3. The van der Waals surface area contributed by atoms with Crippen LogP contribution in [0.3, 0.4) is 0 Å². The van der Waals surface area contributed by atoms with E-state index in [9.17, 15) is 0 Å². The van der Waals surface area contributed by atoms with Crippen molar-refractivity contribution in [3.8, 4) is 22.9 Å². The summed E-state index contributed by atoms with van der Waals surface area (Å²) in [4.78, 5) is 11.4. The van der Waals surface area contributed by atoms with Crippen molar-refractivity contribution < 1.29 is 4.42 Å². The molecule has 0 atom stereocenters. The van der Waals surface area contributed by atoms with Gasteiger partial charge in [0.2, 0.25) is 5.95 Å². The lowest BCUT2D eigenvalue weighted by molar-refractivity contribution is 0.666. The molecule has 15 rings (SSSR count). The number of nitrogens with zero attached hydrogens (tertiary/aromatic N) is 4. The lowest BCUT2D eigenvalue weighted by atomic mass is 9.96. The summed E-state index contributed by atoms with van der Waals surface area (Å²) in [5.41, 5.74) is 9.47. The van der Waals surface area contributed by atoms with E-state index in [2.05, 4.69) is 191 Å². The second-order valence-corrected chi connectivity index (χ2v) is 17.9. The Morgan fingerprint density at radius 1 is 0.406 bits per heavy atom. The number of thiophene rings is 1. The monoisotopic (exact) mass is 832 g/mol. The van der Waals surface area contributed by atoms with Crippen molar-refractivity contribution in [2.75, 3.05) is 0 Å². The Hall–Kier alpha value is -8.32. The van der Waals surface area contributed by atoms with Crippen LogP contribution in [0, 0.1) is 0 Å². The van der Waals surface area contributed by atoms with Crippen molar-refractivity contribution in [2.24, 2.45) is 0 Å². The molecule has 0 amide bonds. The van der Waals surface area contributed by atoms with Crippen LogP contribution in [0.5, 0.6) is 0 Å². The summed E-state index contributed by atoms with van der Waals surface area (Å²) in [5.74, 6) is 0.590. The van der Waals surface area contributed by atoms with Crippen LogP contribution < -0.4 is 0 Å². The number of fused-ring (bicyclic) bond motifs is 20. The van der Waals surface area contributed by atoms with E-state index in [-0.39, 0.29) is 0 Å². The first-order valence-electron chi connectivity index (χ1n) is 21.7. The fraction of sp³-hybridized carbons (Fsp3) is 0. The standard InChI is InChI=1S/C58H32N4OS/c1-2-17-34(18-3-1)61-45-31-30-33-16-4-5-19-35(33)51(45)52-39-23-9-8-22-38(39)50-40-24-10-13-27-44(40)62(55(50)56(52)61)58-59-53-41-25-11-14-28-46(41)63-57(53)54(60-58)43-32-48-49(37-21-7-6-20-36(37)43)42-26-12-15-29-47(42)64-48/h1-32H. The molecule has 0 saturated heterocycles. The van der Waals surface area contributed by atoms with Crippen LogP contribution in [-0.4, -0.2) is 19.1 Å². The maximum atomic E-state index is 6.86. The first kappa shape index (κ1) is 34.3. The Morgan fingerprint density at radius 2 is 1.03 bits per heavy atom. The molecule has 0 N–H and O–H groups in total. The summed E-state index contributed by atoms with van der Waals surface area (Å²) in [6.07, 6.45) is 0. The molecule has 5 aromatic heterocycles. The van der Waals surface area contributed by atoms with Crippen molar-refractivity contribution in [1.82, 2.24) is 19.1 Å². The highest BCUT2D eigenvalue weighted by Crippen LogP contribution is 2.49. The minimum Gasteiger partial charge on any atom is -0.452 e. The first-order chi connectivity index (χ1) is 31.8. The van der Waals surface area contributed by atoms with E-state index >= 15 is 0 Å². The van der Waals surface area contributed by atoms with Gasteiger partial charge in [-0.2, -0.15) is 0 Å². The molecule has 5 heterocycles. The molecule has 0 aliphatic carbocycles. The van der Waals surface area contributed by atoms with Crippen LogP contribution in [-0.2, 0) is 0 Å². The van der Waals surface area contributed by atoms with Gasteiger partial charge in [-0.15, -0.1) is 11.3 Å². The molecule has 0 saturated carbocycles. The summed E-state index contributed by atoms with van der Waals surface area (Å²) in [7, 11) is 0.